The average Bonchev–Trinajstić information content (AvgIpc) is 2.47. The van der Waals surface area contributed by atoms with Crippen molar-refractivity contribution >= 4 is 5.78 Å². The predicted octanol–water partition coefficient (Wildman–Crippen LogP) is 0.973. The van der Waals surface area contributed by atoms with Gasteiger partial charge in [-0.1, -0.05) is 19.1 Å². The molecule has 0 saturated heterocycles. The fraction of sp³-hybridized carbons (Fsp3) is 0.667. The van der Waals surface area contributed by atoms with Gasteiger partial charge in [0.2, 0.25) is 0 Å². The Kier molecular flexibility index (Phi) is 3.17. The maximum absolute atomic E-state index is 11.3. The van der Waals surface area contributed by atoms with Gasteiger partial charge >= 0.3 is 0 Å². The van der Waals surface area contributed by atoms with Gasteiger partial charge in [-0.25, -0.2) is 0 Å². The Morgan fingerprint density at radius 2 is 2.31 bits per heavy atom. The Labute approximate surface area is 77.9 Å². The summed E-state index contributed by atoms with van der Waals surface area (Å²) in [5.41, 5.74) is 1.01. The third-order valence-corrected chi connectivity index (χ3v) is 2.08. The van der Waals surface area contributed by atoms with E-state index in [9.17, 15) is 4.79 Å². The maximum Gasteiger partial charge on any atom is 0.135 e. The number of nitrogens with zero attached hydrogens (tertiary/aromatic N) is 3. The van der Waals surface area contributed by atoms with Crippen molar-refractivity contribution in [2.24, 2.45) is 13.0 Å². The Morgan fingerprint density at radius 3 is 2.77 bits per heavy atom. The molecule has 0 saturated carbocycles. The molecule has 0 radical (unpaired) electrons. The summed E-state index contributed by atoms with van der Waals surface area (Å²) in [5.74, 6) is 0.419. The highest BCUT2D eigenvalue weighted by molar-refractivity contribution is 5.80. The van der Waals surface area contributed by atoms with Crippen molar-refractivity contribution in [2.45, 2.75) is 26.7 Å². The van der Waals surface area contributed by atoms with Crippen molar-refractivity contribution < 1.29 is 4.79 Å². The van der Waals surface area contributed by atoms with Crippen LogP contribution >= 0.6 is 0 Å². The van der Waals surface area contributed by atoms with Crippen molar-refractivity contribution in [1.29, 1.82) is 0 Å². The molecule has 0 aliphatic carbocycles. The molecule has 0 amide bonds. The number of aromatic nitrogens is 3. The molecule has 0 aromatic carbocycles. The highest BCUT2D eigenvalue weighted by Gasteiger charge is 2.08. The molecule has 1 aromatic rings. The van der Waals surface area contributed by atoms with Crippen LogP contribution in [0.3, 0.4) is 0 Å². The number of carbonyl (C=O) groups is 1. The van der Waals surface area contributed by atoms with Gasteiger partial charge in [0.05, 0.1) is 11.9 Å². The lowest BCUT2D eigenvalue weighted by atomic mass is 10.0. The van der Waals surface area contributed by atoms with E-state index in [0.29, 0.717) is 12.2 Å². The zero-order chi connectivity index (χ0) is 9.84. The number of Topliss-reactive ketones (excluding diaryl/α,β-unsaturated/α-hetero) is 1. The summed E-state index contributed by atoms with van der Waals surface area (Å²) in [7, 11) is 1.84. The second kappa shape index (κ2) is 4.16. The zero-order valence-electron chi connectivity index (χ0n) is 8.32. The average molecular weight is 181 g/mol. The minimum absolute atomic E-state index is 0.126. The highest BCUT2D eigenvalue weighted by atomic mass is 16.1. The van der Waals surface area contributed by atoms with Crippen molar-refractivity contribution in [2.75, 3.05) is 0 Å². The second-order valence-electron chi connectivity index (χ2n) is 3.47. The van der Waals surface area contributed by atoms with Crippen molar-refractivity contribution in [3.05, 3.63) is 11.9 Å². The van der Waals surface area contributed by atoms with E-state index in [0.717, 1.165) is 12.1 Å². The van der Waals surface area contributed by atoms with Crippen molar-refractivity contribution in [3.63, 3.8) is 0 Å². The van der Waals surface area contributed by atoms with Crippen LogP contribution in [0.1, 0.15) is 26.0 Å². The molecule has 1 heterocycles. The summed E-state index contributed by atoms with van der Waals surface area (Å²) in [5, 5.41) is 7.54. The summed E-state index contributed by atoms with van der Waals surface area (Å²) in [6.45, 7) is 3.84. The van der Waals surface area contributed by atoms with E-state index < -0.39 is 0 Å². The normalized spacial score (nSPS) is 10.8. The molecule has 4 nitrogen and oxygen atoms in total. The fourth-order valence-electron chi connectivity index (χ4n) is 1.08. The molecule has 1 aromatic heterocycles. The van der Waals surface area contributed by atoms with Gasteiger partial charge in [-0.05, 0) is 6.42 Å². The highest BCUT2D eigenvalue weighted by Crippen LogP contribution is 2.04. The maximum atomic E-state index is 11.3. The van der Waals surface area contributed by atoms with Gasteiger partial charge in [-0.2, -0.15) is 0 Å². The van der Waals surface area contributed by atoms with E-state index in [4.69, 9.17) is 0 Å². The Bertz CT molecular complexity index is 291. The number of hydrogen-bond acceptors (Lipinski definition) is 3. The lowest BCUT2D eigenvalue weighted by molar-refractivity contribution is -0.121. The lowest BCUT2D eigenvalue weighted by Crippen LogP contribution is -2.09. The van der Waals surface area contributed by atoms with Gasteiger partial charge in [-0.3, -0.25) is 9.48 Å². The van der Waals surface area contributed by atoms with E-state index in [-0.39, 0.29) is 5.92 Å². The predicted molar refractivity (Wildman–Crippen MR) is 49.2 cm³/mol. The first-order valence-corrected chi connectivity index (χ1v) is 4.47. The standard InChI is InChI=1S/C9H15N3O/c1-7(2)9(13)5-4-8-6-10-11-12(8)3/h6-7H,4-5H2,1-3H3. The minimum Gasteiger partial charge on any atom is -0.299 e. The van der Waals surface area contributed by atoms with Crippen molar-refractivity contribution in [3.8, 4) is 0 Å². The molecule has 1 rings (SSSR count). The third-order valence-electron chi connectivity index (χ3n) is 2.08. The van der Waals surface area contributed by atoms with E-state index >= 15 is 0 Å². The first-order chi connectivity index (χ1) is 6.11. The molecule has 0 fully saturated rings. The third kappa shape index (κ3) is 2.65. The molecule has 4 heteroatoms. The van der Waals surface area contributed by atoms with E-state index in [1.54, 1.807) is 10.9 Å². The summed E-state index contributed by atoms with van der Waals surface area (Å²) < 4.78 is 1.70. The van der Waals surface area contributed by atoms with Gasteiger partial charge in [0.15, 0.2) is 0 Å². The smallest absolute Gasteiger partial charge is 0.135 e. The SMILES string of the molecule is CC(C)C(=O)CCc1cnnn1C. The summed E-state index contributed by atoms with van der Waals surface area (Å²) >= 11 is 0. The van der Waals surface area contributed by atoms with Crippen LogP contribution in [0.2, 0.25) is 0 Å². The number of hydrogen-bond donors (Lipinski definition) is 0. The number of ketones is 1. The molecule has 0 aliphatic rings. The van der Waals surface area contributed by atoms with Crippen LogP contribution in [0.15, 0.2) is 6.20 Å². The quantitative estimate of drug-likeness (QED) is 0.695. The van der Waals surface area contributed by atoms with Crippen LogP contribution in [0.5, 0.6) is 0 Å². The van der Waals surface area contributed by atoms with Crippen LogP contribution in [0.25, 0.3) is 0 Å². The first-order valence-electron chi connectivity index (χ1n) is 4.47. The Hall–Kier alpha value is -1.19. The van der Waals surface area contributed by atoms with Crippen LogP contribution in [-0.2, 0) is 18.3 Å². The number of aryl methyl sites for hydroxylation is 2. The molecule has 13 heavy (non-hydrogen) atoms. The summed E-state index contributed by atoms with van der Waals surface area (Å²) in [6, 6.07) is 0. The molecule has 0 spiro atoms. The molecular formula is C9H15N3O. The molecule has 0 bridgehead atoms. The molecule has 0 unspecified atom stereocenters. The second-order valence-corrected chi connectivity index (χ2v) is 3.47. The molecule has 0 N–H and O–H groups in total. The minimum atomic E-state index is 0.126. The number of carbonyl (C=O) groups excluding carboxylic acids is 1. The van der Waals surface area contributed by atoms with E-state index in [1.165, 1.54) is 0 Å². The van der Waals surface area contributed by atoms with Gasteiger partial charge in [0, 0.05) is 19.4 Å². The fourth-order valence-corrected chi connectivity index (χ4v) is 1.08. The van der Waals surface area contributed by atoms with Crippen LogP contribution < -0.4 is 0 Å². The van der Waals surface area contributed by atoms with Crippen LogP contribution in [-0.4, -0.2) is 20.8 Å². The Balaban J connectivity index is 2.44. The van der Waals surface area contributed by atoms with Gasteiger partial charge in [0.1, 0.15) is 5.78 Å². The van der Waals surface area contributed by atoms with Crippen molar-refractivity contribution in [1.82, 2.24) is 15.0 Å². The lowest BCUT2D eigenvalue weighted by Gasteiger charge is -2.03. The molecule has 0 atom stereocenters. The van der Waals surface area contributed by atoms with Gasteiger partial charge in [-0.15, -0.1) is 5.10 Å². The monoisotopic (exact) mass is 181 g/mol. The molecular weight excluding hydrogens is 166 g/mol. The van der Waals surface area contributed by atoms with E-state index in [2.05, 4.69) is 10.3 Å². The summed E-state index contributed by atoms with van der Waals surface area (Å²) in [4.78, 5) is 11.3. The largest absolute Gasteiger partial charge is 0.299 e. The Morgan fingerprint density at radius 1 is 1.62 bits per heavy atom. The first kappa shape index (κ1) is 9.89. The number of rotatable bonds is 4. The van der Waals surface area contributed by atoms with Crippen LogP contribution in [0.4, 0.5) is 0 Å². The molecule has 72 valence electrons. The van der Waals surface area contributed by atoms with Gasteiger partial charge < -0.3 is 0 Å². The summed E-state index contributed by atoms with van der Waals surface area (Å²) in [6.07, 6.45) is 3.02. The van der Waals surface area contributed by atoms with Crippen LogP contribution in [0, 0.1) is 5.92 Å². The topological polar surface area (TPSA) is 47.8 Å². The van der Waals surface area contributed by atoms with E-state index in [1.807, 2.05) is 20.9 Å². The zero-order valence-corrected chi connectivity index (χ0v) is 8.32. The molecule has 0 aliphatic heterocycles. The van der Waals surface area contributed by atoms with Gasteiger partial charge in [0.25, 0.3) is 0 Å².